The molecule has 60 heavy (non-hydrogen) atoms. The Morgan fingerprint density at radius 3 is 1.62 bits per heavy atom. The Hall–Kier alpha value is -7.00. The molecule has 10 aromatic rings. The van der Waals surface area contributed by atoms with Gasteiger partial charge in [-0.25, -0.2) is 0 Å². The van der Waals surface area contributed by atoms with Crippen molar-refractivity contribution in [3.63, 3.8) is 0 Å². The van der Waals surface area contributed by atoms with Gasteiger partial charge in [0.05, 0.1) is 0 Å². The van der Waals surface area contributed by atoms with Crippen LogP contribution < -0.4 is 4.90 Å². The predicted octanol–water partition coefficient (Wildman–Crippen LogP) is 15.9. The fourth-order valence-electron chi connectivity index (χ4n) is 10.6. The first-order chi connectivity index (χ1) is 29.5. The van der Waals surface area contributed by atoms with Gasteiger partial charge in [0.1, 0.15) is 0 Å². The highest BCUT2D eigenvalue weighted by atomic mass is 32.1. The van der Waals surface area contributed by atoms with Gasteiger partial charge in [0, 0.05) is 48.1 Å². The molecule has 0 bridgehead atoms. The summed E-state index contributed by atoms with van der Waals surface area (Å²) in [4.78, 5) is 2.48. The molecule has 2 heteroatoms. The highest BCUT2D eigenvalue weighted by molar-refractivity contribution is 7.25. The van der Waals surface area contributed by atoms with E-state index < -0.39 is 0 Å². The van der Waals surface area contributed by atoms with Crippen LogP contribution in [0.25, 0.3) is 53.6 Å². The predicted molar refractivity (Wildman–Crippen MR) is 254 cm³/mol. The van der Waals surface area contributed by atoms with Crippen molar-refractivity contribution in [2.45, 2.75) is 24.7 Å². The second-order valence-electron chi connectivity index (χ2n) is 16.7. The van der Waals surface area contributed by atoms with Gasteiger partial charge in [0.2, 0.25) is 0 Å². The van der Waals surface area contributed by atoms with Gasteiger partial charge >= 0.3 is 0 Å². The minimum atomic E-state index is -0.315. The first-order valence-corrected chi connectivity index (χ1v) is 21.7. The molecule has 0 aliphatic heterocycles. The van der Waals surface area contributed by atoms with Crippen LogP contribution in [0.2, 0.25) is 0 Å². The zero-order valence-corrected chi connectivity index (χ0v) is 34.4. The fraction of sp³-hybridized carbons (Fsp3) is 0.0690. The molecule has 0 radical (unpaired) electrons. The van der Waals surface area contributed by atoms with Crippen LogP contribution >= 0.6 is 11.3 Å². The van der Waals surface area contributed by atoms with Crippen LogP contribution in [0.3, 0.4) is 0 Å². The molecule has 2 aliphatic carbocycles. The molecule has 0 fully saturated rings. The maximum atomic E-state index is 2.48. The topological polar surface area (TPSA) is 3.24 Å². The molecular weight excluding hydrogens is 743 g/mol. The quantitative estimate of drug-likeness (QED) is 0.162. The normalized spacial score (nSPS) is 17.3. The summed E-state index contributed by atoms with van der Waals surface area (Å²) in [7, 11) is 0. The summed E-state index contributed by atoms with van der Waals surface area (Å²) in [6.07, 6.45) is 0. The van der Waals surface area contributed by atoms with E-state index in [1.165, 1.54) is 86.9 Å². The van der Waals surface area contributed by atoms with Crippen molar-refractivity contribution in [3.8, 4) is 33.4 Å². The largest absolute Gasteiger partial charge is 0.310 e. The lowest BCUT2D eigenvalue weighted by atomic mass is 9.74. The number of fused-ring (bicyclic) bond motifs is 9. The lowest BCUT2D eigenvalue weighted by molar-refractivity contribution is 0.713. The van der Waals surface area contributed by atoms with E-state index in [1.54, 1.807) is 0 Å². The third-order valence-electron chi connectivity index (χ3n) is 13.6. The minimum Gasteiger partial charge on any atom is -0.310 e. The van der Waals surface area contributed by atoms with Crippen LogP contribution in [0.15, 0.2) is 212 Å². The molecule has 0 N–H and O–H groups in total. The van der Waals surface area contributed by atoms with Gasteiger partial charge in [-0.3, -0.25) is 0 Å². The summed E-state index contributed by atoms with van der Waals surface area (Å²) in [5.41, 5.74) is 18.4. The van der Waals surface area contributed by atoms with Crippen molar-refractivity contribution in [2.24, 2.45) is 0 Å². The van der Waals surface area contributed by atoms with Crippen LogP contribution in [0.1, 0.15) is 47.2 Å². The highest BCUT2D eigenvalue weighted by Crippen LogP contribution is 2.56. The van der Waals surface area contributed by atoms with Crippen LogP contribution in [0, 0.1) is 0 Å². The van der Waals surface area contributed by atoms with Gasteiger partial charge < -0.3 is 4.90 Å². The number of nitrogens with zero attached hydrogens (tertiary/aromatic N) is 1. The molecule has 1 nitrogen and oxygen atoms in total. The smallest absolute Gasteiger partial charge is 0.0468 e. The molecule has 2 aliphatic rings. The maximum absolute atomic E-state index is 2.48. The number of hydrogen-bond acceptors (Lipinski definition) is 2. The summed E-state index contributed by atoms with van der Waals surface area (Å²) < 4.78 is 2.64. The van der Waals surface area contributed by atoms with Crippen molar-refractivity contribution < 1.29 is 0 Å². The van der Waals surface area contributed by atoms with Crippen LogP contribution in [0.5, 0.6) is 0 Å². The molecule has 12 rings (SSSR count). The van der Waals surface area contributed by atoms with Crippen molar-refractivity contribution in [1.29, 1.82) is 0 Å². The number of anilines is 3. The van der Waals surface area contributed by atoms with E-state index >= 15 is 0 Å². The molecule has 0 saturated carbocycles. The van der Waals surface area contributed by atoms with E-state index in [9.17, 15) is 0 Å². The van der Waals surface area contributed by atoms with E-state index in [2.05, 4.69) is 231 Å². The number of benzene rings is 9. The van der Waals surface area contributed by atoms with Gasteiger partial charge in [-0.15, -0.1) is 11.3 Å². The second-order valence-corrected chi connectivity index (χ2v) is 17.8. The van der Waals surface area contributed by atoms with Gasteiger partial charge in [-0.2, -0.15) is 0 Å². The Kier molecular flexibility index (Phi) is 7.73. The average Bonchev–Trinajstić information content (AvgIpc) is 3.91. The van der Waals surface area contributed by atoms with Crippen LogP contribution in [-0.2, 0) is 10.8 Å². The number of rotatable bonds is 6. The summed E-state index contributed by atoms with van der Waals surface area (Å²) in [5, 5.41) is 2.64. The molecule has 1 heterocycles. The average molecular weight is 784 g/mol. The molecule has 9 aromatic carbocycles. The summed E-state index contributed by atoms with van der Waals surface area (Å²) >= 11 is 1.87. The van der Waals surface area contributed by atoms with Crippen molar-refractivity contribution in [3.05, 3.63) is 246 Å². The third kappa shape index (κ3) is 5.04. The summed E-state index contributed by atoms with van der Waals surface area (Å²) in [5.74, 6) is 0. The Morgan fingerprint density at radius 2 is 0.867 bits per heavy atom. The van der Waals surface area contributed by atoms with Gasteiger partial charge in [-0.05, 0) is 129 Å². The van der Waals surface area contributed by atoms with E-state index in [0.29, 0.717) is 0 Å². The van der Waals surface area contributed by atoms with Crippen molar-refractivity contribution in [2.75, 3.05) is 4.90 Å². The molecule has 2 unspecified atom stereocenters. The molecule has 2 atom stereocenters. The van der Waals surface area contributed by atoms with Crippen LogP contribution in [-0.4, -0.2) is 0 Å². The van der Waals surface area contributed by atoms with E-state index in [4.69, 9.17) is 0 Å². The van der Waals surface area contributed by atoms with E-state index in [0.717, 1.165) is 17.1 Å². The Bertz CT molecular complexity index is 3310. The molecule has 0 spiro atoms. The van der Waals surface area contributed by atoms with Gasteiger partial charge in [0.25, 0.3) is 0 Å². The monoisotopic (exact) mass is 783 g/mol. The zero-order chi connectivity index (χ0) is 40.0. The maximum Gasteiger partial charge on any atom is 0.0468 e. The zero-order valence-electron chi connectivity index (χ0n) is 33.6. The number of hydrogen-bond donors (Lipinski definition) is 0. The Labute approximate surface area is 355 Å². The molecule has 1 aromatic heterocycles. The van der Waals surface area contributed by atoms with E-state index in [-0.39, 0.29) is 10.8 Å². The molecular formula is C58H41NS. The minimum absolute atomic E-state index is 0.265. The molecule has 284 valence electrons. The van der Waals surface area contributed by atoms with Crippen molar-refractivity contribution >= 4 is 48.6 Å². The van der Waals surface area contributed by atoms with Gasteiger partial charge in [-0.1, -0.05) is 164 Å². The summed E-state index contributed by atoms with van der Waals surface area (Å²) in [6, 6.07) is 79.2. The summed E-state index contributed by atoms with van der Waals surface area (Å²) in [6.45, 7) is 4.80. The Morgan fingerprint density at radius 1 is 0.333 bits per heavy atom. The lowest BCUT2D eigenvalue weighted by Gasteiger charge is -2.31. The number of thiophene rings is 1. The standard InChI is InChI=1S/C58H41NS/c1-57(40-17-5-3-6-18-40)52-26-13-10-23-46(52)50-36-43(30-33-53(50)57)59(42-21-15-16-38(34-42)39-28-31-49-48-24-11-14-27-55(48)60-56(49)35-39)44-29-32-47-45-22-9-12-25-51(45)58(2,54(47)37-44)41-19-7-4-8-20-41/h3-37H,1-2H3. The first kappa shape index (κ1) is 35.0. The fourth-order valence-corrected chi connectivity index (χ4v) is 11.7. The van der Waals surface area contributed by atoms with E-state index in [1.807, 2.05) is 11.3 Å². The highest BCUT2D eigenvalue weighted by Gasteiger charge is 2.42. The molecule has 0 saturated heterocycles. The molecule has 0 amide bonds. The van der Waals surface area contributed by atoms with Crippen LogP contribution in [0.4, 0.5) is 17.1 Å². The van der Waals surface area contributed by atoms with Gasteiger partial charge in [0.15, 0.2) is 0 Å². The second kappa shape index (κ2) is 13.3. The lowest BCUT2D eigenvalue weighted by Crippen LogP contribution is -2.23. The Balaban J connectivity index is 1.07. The van der Waals surface area contributed by atoms with Crippen molar-refractivity contribution in [1.82, 2.24) is 0 Å². The third-order valence-corrected chi connectivity index (χ3v) is 14.8. The first-order valence-electron chi connectivity index (χ1n) is 20.9. The SMILES string of the molecule is CC1(c2ccccc2)c2ccccc2-c2cc(N(c3cccc(-c4ccc5c(c4)sc4ccccc45)c3)c3ccc4c(c3)C(C)(c3ccccc3)c3ccccc3-4)ccc21.